The predicted octanol–water partition coefficient (Wildman–Crippen LogP) is 2.88. The molecule has 1 aromatic carbocycles. The van der Waals surface area contributed by atoms with Crippen LogP contribution in [0.2, 0.25) is 0 Å². The van der Waals surface area contributed by atoms with Crippen LogP contribution in [0.15, 0.2) is 27.5 Å². The average molecular weight is 314 g/mol. The number of rotatable bonds is 0. The van der Waals surface area contributed by atoms with Gasteiger partial charge in [-0.1, -0.05) is 46.9 Å². The number of fused-ring (bicyclic) bond motifs is 1. The van der Waals surface area contributed by atoms with Crippen LogP contribution in [0.25, 0.3) is 0 Å². The second-order valence-corrected chi connectivity index (χ2v) is 7.31. The van der Waals surface area contributed by atoms with E-state index < -0.39 is 13.8 Å². The van der Waals surface area contributed by atoms with Gasteiger partial charge in [-0.05, 0) is 18.6 Å². The summed E-state index contributed by atoms with van der Waals surface area (Å²) in [7, 11) is -3.83. The highest BCUT2D eigenvalue weighted by Gasteiger charge is 2.36. The number of nitrogens with zero attached hydrogens (tertiary/aromatic N) is 1. The second-order valence-electron chi connectivity index (χ2n) is 3.49. The zero-order valence-corrected chi connectivity index (χ0v) is 11.6. The van der Waals surface area contributed by atoms with E-state index in [0.29, 0.717) is 11.3 Å². The number of alkyl halides is 3. The lowest BCUT2D eigenvalue weighted by Gasteiger charge is -2.23. The molecule has 0 atom stereocenters. The van der Waals surface area contributed by atoms with Crippen molar-refractivity contribution < 1.29 is 8.42 Å². The molecule has 0 saturated carbocycles. The molecule has 0 amide bonds. The van der Waals surface area contributed by atoms with Crippen LogP contribution in [0.3, 0.4) is 0 Å². The number of halogens is 3. The van der Waals surface area contributed by atoms with Crippen molar-refractivity contribution in [3.05, 3.63) is 23.8 Å². The van der Waals surface area contributed by atoms with Crippen molar-refractivity contribution in [3.8, 4) is 0 Å². The first kappa shape index (κ1) is 13.0. The topological polar surface area (TPSA) is 58.5 Å². The van der Waals surface area contributed by atoms with Crippen LogP contribution in [0.5, 0.6) is 0 Å². The summed E-state index contributed by atoms with van der Waals surface area (Å²) in [5.74, 6) is -0.222. The number of hydrogen-bond acceptors (Lipinski definition) is 3. The molecule has 0 aromatic heterocycles. The molecule has 0 bridgehead atoms. The fourth-order valence-corrected chi connectivity index (χ4v) is 3.34. The molecule has 1 aromatic rings. The SMILES string of the molecule is Cc1cccc2c1S(=O)(=O)N=C(C(Cl)(Cl)Cl)N2. The molecule has 17 heavy (non-hydrogen) atoms. The highest BCUT2D eigenvalue weighted by Crippen LogP contribution is 2.36. The number of anilines is 1. The van der Waals surface area contributed by atoms with Crippen LogP contribution in [0, 0.1) is 6.92 Å². The van der Waals surface area contributed by atoms with Crippen LogP contribution in [0.4, 0.5) is 5.69 Å². The molecule has 4 nitrogen and oxygen atoms in total. The summed E-state index contributed by atoms with van der Waals surface area (Å²) in [6.45, 7) is 1.67. The van der Waals surface area contributed by atoms with Crippen LogP contribution in [0.1, 0.15) is 5.56 Å². The molecule has 1 aliphatic heterocycles. The Bertz CT molecular complexity index is 605. The number of benzene rings is 1. The third-order valence-corrected chi connectivity index (χ3v) is 4.22. The smallest absolute Gasteiger partial charge is 0.286 e. The fraction of sp³-hybridized carbons (Fsp3) is 0.222. The summed E-state index contributed by atoms with van der Waals surface area (Å²) < 4.78 is 25.5. The Balaban J connectivity index is 2.67. The number of hydrogen-bond donors (Lipinski definition) is 1. The molecule has 0 spiro atoms. The maximum absolute atomic E-state index is 11.9. The van der Waals surface area contributed by atoms with E-state index in [1.165, 1.54) is 0 Å². The first-order valence-corrected chi connectivity index (χ1v) is 7.08. The summed E-state index contributed by atoms with van der Waals surface area (Å²) in [5.41, 5.74) is 0.948. The van der Waals surface area contributed by atoms with Gasteiger partial charge in [0.2, 0.25) is 3.79 Å². The minimum Gasteiger partial charge on any atom is -0.338 e. The van der Waals surface area contributed by atoms with Gasteiger partial charge < -0.3 is 5.32 Å². The van der Waals surface area contributed by atoms with E-state index in [1.54, 1.807) is 25.1 Å². The van der Waals surface area contributed by atoms with Crippen molar-refractivity contribution in [2.75, 3.05) is 5.32 Å². The zero-order valence-electron chi connectivity index (χ0n) is 8.54. The lowest BCUT2D eigenvalue weighted by molar-refractivity contribution is 0.597. The standard InChI is InChI=1S/C9H7Cl3N2O2S/c1-5-3-2-4-6-7(5)17(15,16)14-8(13-6)9(10,11)12/h2-4H,1H3,(H,13,14). The lowest BCUT2D eigenvalue weighted by Crippen LogP contribution is -2.32. The van der Waals surface area contributed by atoms with Gasteiger partial charge >= 0.3 is 0 Å². The van der Waals surface area contributed by atoms with E-state index in [4.69, 9.17) is 34.8 Å². The molecule has 1 heterocycles. The molecule has 0 unspecified atom stereocenters. The summed E-state index contributed by atoms with van der Waals surface area (Å²) in [6, 6.07) is 4.97. The number of nitrogens with one attached hydrogen (secondary N) is 1. The Labute approximate surface area is 114 Å². The van der Waals surface area contributed by atoms with Crippen molar-refractivity contribution in [1.82, 2.24) is 0 Å². The zero-order chi connectivity index (χ0) is 12.8. The molecular weight excluding hydrogens is 307 g/mol. The molecule has 0 aliphatic carbocycles. The Morgan fingerprint density at radius 3 is 2.53 bits per heavy atom. The maximum atomic E-state index is 11.9. The van der Waals surface area contributed by atoms with Crippen molar-refractivity contribution in [1.29, 1.82) is 0 Å². The Hall–Kier alpha value is -0.490. The van der Waals surface area contributed by atoms with E-state index in [1.807, 2.05) is 0 Å². The molecule has 0 fully saturated rings. The molecule has 1 aliphatic rings. The quantitative estimate of drug-likeness (QED) is 0.749. The van der Waals surface area contributed by atoms with Crippen molar-refractivity contribution in [2.45, 2.75) is 15.6 Å². The lowest BCUT2D eigenvalue weighted by atomic mass is 10.2. The molecular formula is C9H7Cl3N2O2S. The van der Waals surface area contributed by atoms with Gasteiger partial charge in [0.1, 0.15) is 4.90 Å². The minimum absolute atomic E-state index is 0.109. The Morgan fingerprint density at radius 2 is 1.94 bits per heavy atom. The van der Waals surface area contributed by atoms with E-state index in [0.717, 1.165) is 0 Å². The Kier molecular flexibility index (Phi) is 3.06. The highest BCUT2D eigenvalue weighted by molar-refractivity contribution is 7.90. The fourth-order valence-electron chi connectivity index (χ4n) is 1.53. The number of amidine groups is 1. The van der Waals surface area contributed by atoms with E-state index in [9.17, 15) is 8.42 Å². The van der Waals surface area contributed by atoms with E-state index >= 15 is 0 Å². The molecule has 0 saturated heterocycles. The molecule has 8 heteroatoms. The normalized spacial score (nSPS) is 18.0. The van der Waals surface area contributed by atoms with Crippen LogP contribution >= 0.6 is 34.8 Å². The molecule has 1 N–H and O–H groups in total. The summed E-state index contributed by atoms with van der Waals surface area (Å²) in [5, 5.41) is 2.71. The van der Waals surface area contributed by atoms with Gasteiger partial charge in [-0.2, -0.15) is 8.42 Å². The predicted molar refractivity (Wildman–Crippen MR) is 69.7 cm³/mol. The average Bonchev–Trinajstić information content (AvgIpc) is 2.14. The van der Waals surface area contributed by atoms with Gasteiger partial charge in [-0.15, -0.1) is 4.40 Å². The van der Waals surface area contributed by atoms with Gasteiger partial charge in [0, 0.05) is 0 Å². The first-order chi connectivity index (χ1) is 7.72. The second kappa shape index (κ2) is 4.02. The molecule has 92 valence electrons. The number of sulfonamides is 1. The van der Waals surface area contributed by atoms with Crippen LogP contribution < -0.4 is 5.32 Å². The van der Waals surface area contributed by atoms with Crippen molar-refractivity contribution >= 4 is 56.3 Å². The van der Waals surface area contributed by atoms with E-state index in [2.05, 4.69) is 9.71 Å². The van der Waals surface area contributed by atoms with Crippen LogP contribution in [-0.4, -0.2) is 18.0 Å². The third kappa shape index (κ3) is 2.38. The summed E-state index contributed by atoms with van der Waals surface area (Å²) in [4.78, 5) is 0.109. The molecule has 0 radical (unpaired) electrons. The van der Waals surface area contributed by atoms with Gasteiger partial charge in [0.05, 0.1) is 5.69 Å². The van der Waals surface area contributed by atoms with Gasteiger partial charge in [0.15, 0.2) is 5.84 Å². The Morgan fingerprint density at radius 1 is 1.29 bits per heavy atom. The van der Waals surface area contributed by atoms with Crippen LogP contribution in [-0.2, 0) is 10.0 Å². The van der Waals surface area contributed by atoms with E-state index in [-0.39, 0.29) is 10.7 Å². The third-order valence-electron chi connectivity index (χ3n) is 2.20. The van der Waals surface area contributed by atoms with Crippen molar-refractivity contribution in [2.24, 2.45) is 4.40 Å². The van der Waals surface area contributed by atoms with Crippen molar-refractivity contribution in [3.63, 3.8) is 0 Å². The largest absolute Gasteiger partial charge is 0.338 e. The monoisotopic (exact) mass is 312 g/mol. The minimum atomic E-state index is -3.83. The molecule has 2 rings (SSSR count). The summed E-state index contributed by atoms with van der Waals surface area (Å²) in [6.07, 6.45) is 0. The van der Waals surface area contributed by atoms with Gasteiger partial charge in [-0.3, -0.25) is 0 Å². The number of aryl methyl sites for hydroxylation is 1. The van der Waals surface area contributed by atoms with Gasteiger partial charge in [0.25, 0.3) is 10.0 Å². The van der Waals surface area contributed by atoms with Gasteiger partial charge in [-0.25, -0.2) is 0 Å². The first-order valence-electron chi connectivity index (χ1n) is 4.50. The summed E-state index contributed by atoms with van der Waals surface area (Å²) >= 11 is 16.9. The maximum Gasteiger partial charge on any atom is 0.286 e. The highest BCUT2D eigenvalue weighted by atomic mass is 35.6.